The summed E-state index contributed by atoms with van der Waals surface area (Å²) in [5.41, 5.74) is 0.676. The highest BCUT2D eigenvalue weighted by molar-refractivity contribution is 7.87. The van der Waals surface area contributed by atoms with Gasteiger partial charge in [0.2, 0.25) is 11.8 Å². The van der Waals surface area contributed by atoms with Gasteiger partial charge in [-0.05, 0) is 17.7 Å². The van der Waals surface area contributed by atoms with E-state index in [1.54, 1.807) is 29.0 Å². The second-order valence-corrected chi connectivity index (χ2v) is 8.41. The van der Waals surface area contributed by atoms with Gasteiger partial charge in [0.1, 0.15) is 16.4 Å². The van der Waals surface area contributed by atoms with E-state index >= 15 is 0 Å². The Balaban J connectivity index is 1.73. The molecular formula is C18H23FN2O4S. The fourth-order valence-electron chi connectivity index (χ4n) is 3.68. The maximum absolute atomic E-state index is 13.5. The highest BCUT2D eigenvalue weighted by Gasteiger charge is 2.53. The number of carbonyl (C=O) groups is 2. The molecule has 8 heteroatoms. The molecule has 1 atom stereocenters. The SMILES string of the molecule is COCCC(=O)N1CCC2(CC1)N(Cc1cccc(F)c1)C(=O)CS2=O. The van der Waals surface area contributed by atoms with Gasteiger partial charge in [0.25, 0.3) is 0 Å². The van der Waals surface area contributed by atoms with E-state index in [1.807, 2.05) is 0 Å². The first-order chi connectivity index (χ1) is 12.5. The normalized spacial score (nSPS) is 22.2. The minimum Gasteiger partial charge on any atom is -0.384 e. The third-order valence-electron chi connectivity index (χ3n) is 5.12. The minimum absolute atomic E-state index is 0.00701. The Morgan fingerprint density at radius 3 is 2.73 bits per heavy atom. The molecule has 2 saturated heterocycles. The van der Waals surface area contributed by atoms with Crippen LogP contribution in [0.2, 0.25) is 0 Å². The molecule has 0 radical (unpaired) electrons. The zero-order valence-electron chi connectivity index (χ0n) is 14.8. The number of piperidine rings is 1. The first-order valence-electron chi connectivity index (χ1n) is 8.66. The van der Waals surface area contributed by atoms with E-state index in [-0.39, 0.29) is 29.9 Å². The van der Waals surface area contributed by atoms with Crippen molar-refractivity contribution < 1.29 is 22.9 Å². The van der Waals surface area contributed by atoms with Gasteiger partial charge >= 0.3 is 0 Å². The van der Waals surface area contributed by atoms with Crippen LogP contribution >= 0.6 is 0 Å². The second-order valence-electron chi connectivity index (χ2n) is 6.67. The molecule has 1 spiro atoms. The predicted molar refractivity (Wildman–Crippen MR) is 95.0 cm³/mol. The van der Waals surface area contributed by atoms with Gasteiger partial charge in [-0.3, -0.25) is 13.8 Å². The molecule has 0 aromatic heterocycles. The number of ether oxygens (including phenoxy) is 1. The monoisotopic (exact) mass is 382 g/mol. The summed E-state index contributed by atoms with van der Waals surface area (Å²) in [6.07, 6.45) is 1.26. The lowest BCUT2D eigenvalue weighted by molar-refractivity contribution is -0.136. The summed E-state index contributed by atoms with van der Waals surface area (Å²) >= 11 is 0. The minimum atomic E-state index is -1.32. The molecule has 2 aliphatic rings. The number of benzene rings is 1. The molecule has 142 valence electrons. The number of likely N-dealkylation sites (tertiary alicyclic amines) is 1. The standard InChI is InChI=1S/C18H23FN2O4S/c1-25-10-5-16(22)20-8-6-18(7-9-20)21(17(23)13-26(18)24)12-14-3-2-4-15(19)11-14/h2-4,11H,5-10,12-13H2,1H3. The molecule has 2 aliphatic heterocycles. The van der Waals surface area contributed by atoms with Crippen molar-refractivity contribution in [3.63, 3.8) is 0 Å². The number of amides is 2. The number of hydrogen-bond acceptors (Lipinski definition) is 4. The Morgan fingerprint density at radius 2 is 2.08 bits per heavy atom. The highest BCUT2D eigenvalue weighted by Crippen LogP contribution is 2.38. The number of nitrogens with zero attached hydrogens (tertiary/aromatic N) is 2. The lowest BCUT2D eigenvalue weighted by Gasteiger charge is -2.43. The van der Waals surface area contributed by atoms with E-state index in [0.29, 0.717) is 44.5 Å². The molecule has 0 aliphatic carbocycles. The van der Waals surface area contributed by atoms with Crippen molar-refractivity contribution in [2.45, 2.75) is 30.7 Å². The maximum Gasteiger partial charge on any atom is 0.236 e. The molecule has 2 fully saturated rings. The largest absolute Gasteiger partial charge is 0.384 e. The van der Waals surface area contributed by atoms with Crippen LogP contribution in [0.4, 0.5) is 4.39 Å². The van der Waals surface area contributed by atoms with Gasteiger partial charge in [-0.15, -0.1) is 0 Å². The van der Waals surface area contributed by atoms with E-state index in [0.717, 1.165) is 0 Å². The first kappa shape index (κ1) is 19.0. The van der Waals surface area contributed by atoms with Crippen molar-refractivity contribution in [3.05, 3.63) is 35.6 Å². The summed E-state index contributed by atoms with van der Waals surface area (Å²) in [5, 5.41) is 0. The van der Waals surface area contributed by atoms with E-state index in [4.69, 9.17) is 4.74 Å². The Bertz CT molecular complexity index is 719. The van der Waals surface area contributed by atoms with Gasteiger partial charge in [0, 0.05) is 39.6 Å². The van der Waals surface area contributed by atoms with Crippen LogP contribution in [-0.4, -0.2) is 63.3 Å². The summed E-state index contributed by atoms with van der Waals surface area (Å²) in [5.74, 6) is -0.532. The smallest absolute Gasteiger partial charge is 0.236 e. The van der Waals surface area contributed by atoms with Gasteiger partial charge in [-0.25, -0.2) is 4.39 Å². The van der Waals surface area contributed by atoms with Gasteiger partial charge in [0.15, 0.2) is 0 Å². The van der Waals surface area contributed by atoms with E-state index < -0.39 is 15.7 Å². The summed E-state index contributed by atoms with van der Waals surface area (Å²) in [7, 11) is 0.231. The fourth-order valence-corrected chi connectivity index (χ4v) is 5.37. The lowest BCUT2D eigenvalue weighted by atomic mass is 10.0. The van der Waals surface area contributed by atoms with Crippen molar-refractivity contribution in [2.75, 3.05) is 32.6 Å². The number of hydrogen-bond donors (Lipinski definition) is 0. The molecule has 2 amide bonds. The summed E-state index contributed by atoms with van der Waals surface area (Å²) < 4.78 is 31.1. The Labute approximate surface area is 154 Å². The van der Waals surface area contributed by atoms with Crippen molar-refractivity contribution >= 4 is 22.6 Å². The molecule has 1 aromatic carbocycles. The van der Waals surface area contributed by atoms with Crippen LogP contribution in [0.3, 0.4) is 0 Å². The number of carbonyl (C=O) groups excluding carboxylic acids is 2. The van der Waals surface area contributed by atoms with Crippen LogP contribution in [0.5, 0.6) is 0 Å². The van der Waals surface area contributed by atoms with E-state index in [9.17, 15) is 18.2 Å². The maximum atomic E-state index is 13.5. The quantitative estimate of drug-likeness (QED) is 0.769. The molecule has 0 bridgehead atoms. The van der Waals surface area contributed by atoms with Gasteiger partial charge in [0.05, 0.1) is 23.8 Å². The Morgan fingerprint density at radius 1 is 1.35 bits per heavy atom. The first-order valence-corrected chi connectivity index (χ1v) is 9.98. The van der Waals surface area contributed by atoms with Crippen molar-refractivity contribution in [2.24, 2.45) is 0 Å². The van der Waals surface area contributed by atoms with Crippen molar-refractivity contribution in [3.8, 4) is 0 Å². The van der Waals surface area contributed by atoms with Gasteiger partial charge in [-0.1, -0.05) is 12.1 Å². The van der Waals surface area contributed by atoms with Crippen molar-refractivity contribution in [1.29, 1.82) is 0 Å². The zero-order chi connectivity index (χ0) is 18.7. The highest BCUT2D eigenvalue weighted by atomic mass is 32.2. The van der Waals surface area contributed by atoms with Crippen LogP contribution < -0.4 is 0 Å². The lowest BCUT2D eigenvalue weighted by Crippen LogP contribution is -2.55. The third kappa shape index (κ3) is 3.66. The summed E-state index contributed by atoms with van der Waals surface area (Å²) in [6, 6.07) is 6.11. The zero-order valence-corrected chi connectivity index (χ0v) is 15.6. The molecule has 1 unspecified atom stereocenters. The Hall–Kier alpha value is -1.80. The molecule has 26 heavy (non-hydrogen) atoms. The number of methoxy groups -OCH3 is 1. The Kier molecular flexibility index (Phi) is 5.72. The van der Waals surface area contributed by atoms with E-state index in [1.165, 1.54) is 12.1 Å². The van der Waals surface area contributed by atoms with Crippen molar-refractivity contribution in [1.82, 2.24) is 9.80 Å². The van der Waals surface area contributed by atoms with Crippen LogP contribution in [0, 0.1) is 5.82 Å². The predicted octanol–water partition coefficient (Wildman–Crippen LogP) is 1.27. The molecule has 0 N–H and O–H groups in total. The third-order valence-corrected chi connectivity index (χ3v) is 7.10. The average Bonchev–Trinajstić information content (AvgIpc) is 2.84. The van der Waals surface area contributed by atoms with Gasteiger partial charge in [-0.2, -0.15) is 0 Å². The number of rotatable bonds is 5. The van der Waals surface area contributed by atoms with Gasteiger partial charge < -0.3 is 14.5 Å². The van der Waals surface area contributed by atoms with Crippen LogP contribution in [-0.2, 0) is 31.7 Å². The average molecular weight is 382 g/mol. The molecular weight excluding hydrogens is 359 g/mol. The summed E-state index contributed by atoms with van der Waals surface area (Å²) in [6.45, 7) is 1.53. The second kappa shape index (κ2) is 7.84. The molecule has 3 rings (SSSR count). The fraction of sp³-hybridized carbons (Fsp3) is 0.556. The number of halogens is 1. The summed E-state index contributed by atoms with van der Waals surface area (Å²) in [4.78, 5) is 27.2. The topological polar surface area (TPSA) is 66.9 Å². The van der Waals surface area contributed by atoms with E-state index in [2.05, 4.69) is 0 Å². The molecule has 1 aromatic rings. The van der Waals surface area contributed by atoms with Crippen LogP contribution in [0.15, 0.2) is 24.3 Å². The molecule has 6 nitrogen and oxygen atoms in total. The molecule has 0 saturated carbocycles. The van der Waals surface area contributed by atoms with Crippen LogP contribution in [0.1, 0.15) is 24.8 Å². The molecule has 2 heterocycles. The van der Waals surface area contributed by atoms with Crippen LogP contribution in [0.25, 0.3) is 0 Å².